The Balaban J connectivity index is 1.67. The maximum atomic E-state index is 13.4. The predicted octanol–water partition coefficient (Wildman–Crippen LogP) is 3.20. The number of hydrogen-bond donors (Lipinski definition) is 4. The van der Waals surface area contributed by atoms with E-state index in [1.807, 2.05) is 52.8 Å². The SMILES string of the molecule is COC(=O)[C@H](CC(C)C)NC(=O)N1C[C@H](O)[C@@H](NC(=O)[C@H](CC(C)C)NC(=O)c2cc3ccccc3o2)CC[C@H]1C. The van der Waals surface area contributed by atoms with E-state index in [1.54, 1.807) is 12.1 Å². The smallest absolute Gasteiger partial charge is 0.328 e. The van der Waals surface area contributed by atoms with Crippen LogP contribution in [0.15, 0.2) is 34.7 Å². The second kappa shape index (κ2) is 14.3. The van der Waals surface area contributed by atoms with Crippen LogP contribution in [0.25, 0.3) is 11.0 Å². The lowest BCUT2D eigenvalue weighted by molar-refractivity contribution is -0.143. The fraction of sp³-hybridized carbons (Fsp3) is 0.600. The van der Waals surface area contributed by atoms with Gasteiger partial charge in [0.2, 0.25) is 5.91 Å². The number of methoxy groups -OCH3 is 1. The molecule has 0 unspecified atom stereocenters. The number of amides is 4. The number of likely N-dealkylation sites (tertiary alicyclic amines) is 1. The first kappa shape index (κ1) is 31.9. The van der Waals surface area contributed by atoms with E-state index in [1.165, 1.54) is 12.0 Å². The van der Waals surface area contributed by atoms with Crippen molar-refractivity contribution in [1.29, 1.82) is 0 Å². The van der Waals surface area contributed by atoms with Crippen molar-refractivity contribution in [1.82, 2.24) is 20.9 Å². The lowest BCUT2D eigenvalue weighted by atomic mass is 10.0. The summed E-state index contributed by atoms with van der Waals surface area (Å²) in [5.41, 5.74) is 0.578. The predicted molar refractivity (Wildman–Crippen MR) is 154 cm³/mol. The number of β-amino-alcohol motifs (C(OH)–C–C–N with tert-alkyl or cyclic N) is 1. The van der Waals surface area contributed by atoms with Crippen molar-refractivity contribution >= 4 is 34.8 Å². The van der Waals surface area contributed by atoms with Crippen molar-refractivity contribution in [3.63, 3.8) is 0 Å². The minimum absolute atomic E-state index is 0.0340. The van der Waals surface area contributed by atoms with E-state index in [0.29, 0.717) is 31.3 Å². The second-order valence-electron chi connectivity index (χ2n) is 11.7. The van der Waals surface area contributed by atoms with E-state index in [9.17, 15) is 24.3 Å². The molecule has 3 rings (SSSR count). The molecular weight excluding hydrogens is 528 g/mol. The third-order valence-electron chi connectivity index (χ3n) is 7.33. The Morgan fingerprint density at radius 1 is 1.02 bits per heavy atom. The molecule has 0 spiro atoms. The van der Waals surface area contributed by atoms with E-state index >= 15 is 0 Å². The number of benzene rings is 1. The van der Waals surface area contributed by atoms with Crippen LogP contribution >= 0.6 is 0 Å². The van der Waals surface area contributed by atoms with Crippen LogP contribution < -0.4 is 16.0 Å². The Morgan fingerprint density at radius 3 is 2.32 bits per heavy atom. The van der Waals surface area contributed by atoms with E-state index in [-0.39, 0.29) is 30.2 Å². The molecule has 1 aliphatic rings. The molecule has 0 aliphatic carbocycles. The highest BCUT2D eigenvalue weighted by molar-refractivity contribution is 5.98. The number of furan rings is 1. The van der Waals surface area contributed by atoms with Crippen molar-refractivity contribution in [2.45, 2.75) is 90.6 Å². The van der Waals surface area contributed by atoms with E-state index < -0.39 is 48.0 Å². The topological polar surface area (TPSA) is 150 Å². The highest BCUT2D eigenvalue weighted by Gasteiger charge is 2.36. The quantitative estimate of drug-likeness (QED) is 0.319. The fourth-order valence-corrected chi connectivity index (χ4v) is 5.10. The zero-order chi connectivity index (χ0) is 30.3. The summed E-state index contributed by atoms with van der Waals surface area (Å²) >= 11 is 0. The lowest BCUT2D eigenvalue weighted by Crippen LogP contribution is -2.55. The summed E-state index contributed by atoms with van der Waals surface area (Å²) in [4.78, 5) is 53.2. The zero-order valence-corrected chi connectivity index (χ0v) is 24.8. The van der Waals surface area contributed by atoms with Gasteiger partial charge >= 0.3 is 12.0 Å². The van der Waals surface area contributed by atoms with Crippen LogP contribution in [0.5, 0.6) is 0 Å². The number of para-hydroxylation sites is 1. The fourth-order valence-electron chi connectivity index (χ4n) is 5.10. The summed E-state index contributed by atoms with van der Waals surface area (Å²) in [6.45, 7) is 9.62. The summed E-state index contributed by atoms with van der Waals surface area (Å²) in [6.07, 6.45) is 0.691. The molecule has 0 bridgehead atoms. The first-order valence-electron chi connectivity index (χ1n) is 14.3. The van der Waals surface area contributed by atoms with Crippen molar-refractivity contribution in [3.8, 4) is 0 Å². The molecule has 4 N–H and O–H groups in total. The monoisotopic (exact) mass is 572 g/mol. The number of carbonyl (C=O) groups is 4. The minimum Gasteiger partial charge on any atom is -0.467 e. The molecule has 2 aromatic rings. The Kier molecular flexibility index (Phi) is 11.2. The number of esters is 1. The number of aliphatic hydroxyl groups is 1. The number of nitrogens with one attached hydrogen (secondary N) is 3. The molecule has 11 nitrogen and oxygen atoms in total. The molecule has 2 heterocycles. The minimum atomic E-state index is -1.05. The molecule has 1 saturated heterocycles. The zero-order valence-electron chi connectivity index (χ0n) is 24.8. The largest absolute Gasteiger partial charge is 0.467 e. The molecule has 1 aliphatic heterocycles. The van der Waals surface area contributed by atoms with E-state index in [0.717, 1.165) is 5.39 Å². The number of carbonyl (C=O) groups excluding carboxylic acids is 4. The Hall–Kier alpha value is -3.60. The van der Waals surface area contributed by atoms with Crippen molar-refractivity contribution < 1.29 is 33.4 Å². The number of hydrogen-bond acceptors (Lipinski definition) is 7. The summed E-state index contributed by atoms with van der Waals surface area (Å²) in [5.74, 6) is -1.07. The summed E-state index contributed by atoms with van der Waals surface area (Å²) < 4.78 is 10.5. The first-order valence-corrected chi connectivity index (χ1v) is 14.3. The van der Waals surface area contributed by atoms with Gasteiger partial charge in [0.25, 0.3) is 5.91 Å². The van der Waals surface area contributed by atoms with E-state index in [4.69, 9.17) is 9.15 Å². The third-order valence-corrected chi connectivity index (χ3v) is 7.33. The van der Waals surface area contributed by atoms with Gasteiger partial charge in [-0.25, -0.2) is 9.59 Å². The van der Waals surface area contributed by atoms with Crippen LogP contribution in [0.1, 0.15) is 70.9 Å². The molecule has 41 heavy (non-hydrogen) atoms. The summed E-state index contributed by atoms with van der Waals surface area (Å²) in [6, 6.07) is 5.90. The van der Waals surface area contributed by atoms with Gasteiger partial charge in [0.15, 0.2) is 5.76 Å². The van der Waals surface area contributed by atoms with Crippen molar-refractivity contribution in [2.75, 3.05) is 13.7 Å². The number of ether oxygens (including phenoxy) is 1. The van der Waals surface area contributed by atoms with Gasteiger partial charge in [-0.05, 0) is 56.6 Å². The van der Waals surface area contributed by atoms with Crippen LogP contribution in [0.3, 0.4) is 0 Å². The lowest BCUT2D eigenvalue weighted by Gasteiger charge is -2.31. The molecule has 1 fully saturated rings. The van der Waals surface area contributed by atoms with Crippen LogP contribution in [-0.2, 0) is 14.3 Å². The summed E-state index contributed by atoms with van der Waals surface area (Å²) in [7, 11) is 1.28. The standard InChI is InChI=1S/C30H44N4O7/c1-17(2)13-22(32-28(37)26-15-20-9-7-8-10-25(20)41-26)27(36)31-21-12-11-19(5)34(16-24(21)35)30(39)33-23(14-18(3)4)29(38)40-6/h7-10,15,17-19,21-24,35H,11-14,16H2,1-6H3,(H,31,36)(H,32,37)(H,33,39)/t19-,21+,22+,23+,24+/m1/s1. The van der Waals surface area contributed by atoms with Gasteiger partial charge in [0.1, 0.15) is 17.7 Å². The molecule has 1 aromatic carbocycles. The highest BCUT2D eigenvalue weighted by atomic mass is 16.5. The number of aliphatic hydroxyl groups excluding tert-OH is 1. The molecule has 4 amide bonds. The average Bonchev–Trinajstić information content (AvgIpc) is 3.30. The van der Waals surface area contributed by atoms with E-state index in [2.05, 4.69) is 16.0 Å². The number of rotatable bonds is 10. The summed E-state index contributed by atoms with van der Waals surface area (Å²) in [5, 5.41) is 20.3. The molecule has 5 atom stereocenters. The van der Waals surface area contributed by atoms with Crippen LogP contribution in [0.2, 0.25) is 0 Å². The molecule has 226 valence electrons. The molecule has 0 saturated carbocycles. The first-order chi connectivity index (χ1) is 19.4. The van der Waals surface area contributed by atoms with Crippen molar-refractivity contribution in [2.24, 2.45) is 11.8 Å². The Labute approximate surface area is 241 Å². The van der Waals surface area contributed by atoms with Crippen LogP contribution in [-0.4, -0.2) is 77.7 Å². The van der Waals surface area contributed by atoms with Gasteiger partial charge in [-0.1, -0.05) is 45.9 Å². The number of urea groups is 1. The average molecular weight is 573 g/mol. The number of fused-ring (bicyclic) bond motifs is 1. The van der Waals surface area contributed by atoms with Gasteiger partial charge < -0.3 is 35.1 Å². The second-order valence-corrected chi connectivity index (χ2v) is 11.7. The van der Waals surface area contributed by atoms with Gasteiger partial charge in [0, 0.05) is 11.4 Å². The van der Waals surface area contributed by atoms with Gasteiger partial charge in [-0.15, -0.1) is 0 Å². The third kappa shape index (κ3) is 8.69. The van der Waals surface area contributed by atoms with Gasteiger partial charge in [0.05, 0.1) is 25.8 Å². The van der Waals surface area contributed by atoms with Gasteiger partial charge in [-0.2, -0.15) is 0 Å². The van der Waals surface area contributed by atoms with Gasteiger partial charge in [-0.3, -0.25) is 9.59 Å². The normalized spacial score (nSPS) is 20.8. The maximum absolute atomic E-state index is 13.4. The highest BCUT2D eigenvalue weighted by Crippen LogP contribution is 2.21. The van der Waals surface area contributed by atoms with Crippen LogP contribution in [0, 0.1) is 11.8 Å². The Morgan fingerprint density at radius 2 is 1.68 bits per heavy atom. The maximum Gasteiger partial charge on any atom is 0.328 e. The number of nitrogens with zero attached hydrogens (tertiary/aromatic N) is 1. The molecule has 11 heteroatoms. The molecular formula is C30H44N4O7. The van der Waals surface area contributed by atoms with Crippen molar-refractivity contribution in [3.05, 3.63) is 36.1 Å². The Bertz CT molecular complexity index is 1180. The molecule has 1 aromatic heterocycles. The van der Waals surface area contributed by atoms with Crippen LogP contribution in [0.4, 0.5) is 4.79 Å². The molecule has 0 radical (unpaired) electrons.